The predicted octanol–water partition coefficient (Wildman–Crippen LogP) is 6.36. The molecular formula is C31H37F4N5O3. The molecule has 3 aromatic rings. The van der Waals surface area contributed by atoms with Gasteiger partial charge in [-0.3, -0.25) is 9.58 Å². The molecule has 2 aromatic carbocycles. The number of carbonyl (C=O) groups excluding carboxylic acids is 1. The monoisotopic (exact) mass is 603 g/mol. The van der Waals surface area contributed by atoms with Gasteiger partial charge in [0.25, 0.3) is 0 Å². The minimum atomic E-state index is -4.57. The number of hydrogen-bond donors (Lipinski definition) is 0. The van der Waals surface area contributed by atoms with E-state index >= 15 is 0 Å². The van der Waals surface area contributed by atoms with Gasteiger partial charge in [-0.05, 0) is 56.9 Å². The number of rotatable bonds is 10. The lowest BCUT2D eigenvalue weighted by molar-refractivity contribution is -0.144. The van der Waals surface area contributed by atoms with Gasteiger partial charge in [-0.1, -0.05) is 30.3 Å². The van der Waals surface area contributed by atoms with Crippen LogP contribution in [0.4, 0.5) is 33.9 Å². The van der Waals surface area contributed by atoms with Crippen LogP contribution in [0.3, 0.4) is 0 Å². The Bertz CT molecular complexity index is 1390. The number of para-hydroxylation sites is 1. The molecule has 0 radical (unpaired) electrons. The van der Waals surface area contributed by atoms with Gasteiger partial charge < -0.3 is 19.3 Å². The second kappa shape index (κ2) is 12.9. The zero-order chi connectivity index (χ0) is 30.7. The number of aromatic nitrogens is 2. The number of benzene rings is 2. The van der Waals surface area contributed by atoms with Crippen molar-refractivity contribution in [1.82, 2.24) is 14.7 Å². The van der Waals surface area contributed by atoms with Crippen LogP contribution < -0.4 is 9.80 Å². The average Bonchev–Trinajstić information content (AvgIpc) is 3.37. The number of piperidine rings is 1. The van der Waals surface area contributed by atoms with Gasteiger partial charge in [0.15, 0.2) is 12.1 Å². The first-order valence-corrected chi connectivity index (χ1v) is 14.6. The number of amides is 2. The van der Waals surface area contributed by atoms with Crippen LogP contribution in [0.25, 0.3) is 0 Å². The fourth-order valence-electron chi connectivity index (χ4n) is 6.02. The Labute approximate surface area is 248 Å². The van der Waals surface area contributed by atoms with Crippen LogP contribution in [-0.4, -0.2) is 59.3 Å². The fourth-order valence-corrected chi connectivity index (χ4v) is 6.02. The van der Waals surface area contributed by atoms with Gasteiger partial charge in [0.2, 0.25) is 0 Å². The number of nitrogens with zero attached hydrogens (tertiary/aromatic N) is 5. The van der Waals surface area contributed by atoms with Crippen LogP contribution in [-0.2, 0) is 35.3 Å². The summed E-state index contributed by atoms with van der Waals surface area (Å²) in [5.74, 6) is 0.0425. The third kappa shape index (κ3) is 6.65. The third-order valence-corrected chi connectivity index (χ3v) is 7.99. The Hall–Kier alpha value is -3.64. The van der Waals surface area contributed by atoms with E-state index in [0.29, 0.717) is 50.7 Å². The molecule has 2 amide bonds. The molecule has 0 bridgehead atoms. The van der Waals surface area contributed by atoms with Crippen molar-refractivity contribution in [3.05, 3.63) is 76.7 Å². The Morgan fingerprint density at radius 3 is 2.37 bits per heavy atom. The van der Waals surface area contributed by atoms with Crippen molar-refractivity contribution in [3.63, 3.8) is 0 Å². The maximum Gasteiger partial charge on any atom is 0.416 e. The van der Waals surface area contributed by atoms with E-state index in [1.807, 2.05) is 31.7 Å². The lowest BCUT2D eigenvalue weighted by Crippen LogP contribution is -2.54. The van der Waals surface area contributed by atoms with E-state index in [1.54, 1.807) is 21.8 Å². The molecule has 5 rings (SSSR count). The van der Waals surface area contributed by atoms with Crippen LogP contribution in [0.1, 0.15) is 48.9 Å². The number of carbonyl (C=O) groups is 1. The quantitative estimate of drug-likeness (QED) is 0.199. The SMILES string of the molecule is CCOC(Cn1cc2c(n1)N(Cc1ccccc1C(F)(F)F)C(=O)N(C1CCN(c3c(C)cccc3F)CC1)C2)OCC. The molecule has 2 aliphatic rings. The predicted molar refractivity (Wildman–Crippen MR) is 154 cm³/mol. The standard InChI is InChI=1S/C31H37F4N5O3/c1-4-42-27(43-5-2)20-38-17-23-19-39(24-13-15-37(16-14-24)28-21(3)9-8-12-26(28)32)30(41)40(29(23)36-38)18-22-10-6-7-11-25(22)31(33,34)35/h6-12,17,24,27H,4-5,13-16,18-20H2,1-3H3. The van der Waals surface area contributed by atoms with E-state index in [0.717, 1.165) is 17.2 Å². The van der Waals surface area contributed by atoms with Gasteiger partial charge in [0.1, 0.15) is 5.82 Å². The second-order valence-electron chi connectivity index (χ2n) is 10.8. The van der Waals surface area contributed by atoms with Gasteiger partial charge in [0.05, 0.1) is 30.9 Å². The first-order chi connectivity index (χ1) is 20.6. The van der Waals surface area contributed by atoms with E-state index < -0.39 is 24.1 Å². The highest BCUT2D eigenvalue weighted by Gasteiger charge is 2.40. The summed E-state index contributed by atoms with van der Waals surface area (Å²) in [4.78, 5) is 19.1. The van der Waals surface area contributed by atoms with Crippen molar-refractivity contribution < 1.29 is 31.8 Å². The van der Waals surface area contributed by atoms with E-state index in [-0.39, 0.29) is 37.1 Å². The van der Waals surface area contributed by atoms with Crippen LogP contribution in [0.5, 0.6) is 0 Å². The maximum absolute atomic E-state index is 14.7. The molecule has 8 nitrogen and oxygen atoms in total. The van der Waals surface area contributed by atoms with Crippen molar-refractivity contribution >= 4 is 17.5 Å². The van der Waals surface area contributed by atoms with E-state index in [4.69, 9.17) is 9.47 Å². The lowest BCUT2D eigenvalue weighted by Gasteiger charge is -2.43. The molecule has 1 aromatic heterocycles. The van der Waals surface area contributed by atoms with E-state index in [1.165, 1.54) is 29.2 Å². The molecule has 12 heteroatoms. The van der Waals surface area contributed by atoms with Crippen molar-refractivity contribution in [2.24, 2.45) is 0 Å². The fraction of sp³-hybridized carbons (Fsp3) is 0.484. The highest BCUT2D eigenvalue weighted by atomic mass is 19.4. The topological polar surface area (TPSA) is 63.1 Å². The smallest absolute Gasteiger partial charge is 0.369 e. The zero-order valence-corrected chi connectivity index (χ0v) is 24.6. The van der Waals surface area contributed by atoms with Crippen LogP contribution in [0.15, 0.2) is 48.7 Å². The van der Waals surface area contributed by atoms with E-state index in [9.17, 15) is 22.4 Å². The first kappa shape index (κ1) is 30.8. The highest BCUT2D eigenvalue weighted by Crippen LogP contribution is 2.37. The molecule has 0 atom stereocenters. The van der Waals surface area contributed by atoms with Gasteiger partial charge in [0, 0.05) is 44.1 Å². The van der Waals surface area contributed by atoms with E-state index in [2.05, 4.69) is 5.10 Å². The van der Waals surface area contributed by atoms with Gasteiger partial charge in [-0.25, -0.2) is 9.18 Å². The van der Waals surface area contributed by atoms with Crippen LogP contribution >= 0.6 is 0 Å². The van der Waals surface area contributed by atoms with Crippen molar-refractivity contribution in [2.45, 2.75) is 71.8 Å². The molecule has 232 valence electrons. The minimum Gasteiger partial charge on any atom is -0.369 e. The Morgan fingerprint density at radius 1 is 1.02 bits per heavy atom. The molecule has 0 N–H and O–H groups in total. The average molecular weight is 604 g/mol. The summed E-state index contributed by atoms with van der Waals surface area (Å²) in [6.45, 7) is 7.78. The molecule has 1 fully saturated rings. The number of hydrogen-bond acceptors (Lipinski definition) is 5. The summed E-state index contributed by atoms with van der Waals surface area (Å²) in [5, 5.41) is 4.63. The summed E-state index contributed by atoms with van der Waals surface area (Å²) in [6.07, 6.45) is -2.15. The Balaban J connectivity index is 1.43. The first-order valence-electron chi connectivity index (χ1n) is 14.6. The Kier molecular flexibility index (Phi) is 9.26. The van der Waals surface area contributed by atoms with Gasteiger partial charge >= 0.3 is 12.2 Å². The normalized spacial score (nSPS) is 16.4. The number of halogens is 4. The summed E-state index contributed by atoms with van der Waals surface area (Å²) in [6, 6.07) is 9.71. The number of aryl methyl sites for hydroxylation is 1. The summed E-state index contributed by atoms with van der Waals surface area (Å²) in [5.41, 5.74) is 1.33. The van der Waals surface area contributed by atoms with Crippen molar-refractivity contribution in [2.75, 3.05) is 36.1 Å². The molecule has 0 spiro atoms. The molecule has 0 aliphatic carbocycles. The minimum absolute atomic E-state index is 0.0166. The maximum atomic E-state index is 14.7. The molecule has 1 saturated heterocycles. The number of anilines is 2. The number of ether oxygens (including phenoxy) is 2. The molecule has 3 heterocycles. The third-order valence-electron chi connectivity index (χ3n) is 7.99. The molecule has 43 heavy (non-hydrogen) atoms. The lowest BCUT2D eigenvalue weighted by atomic mass is 10.00. The molecule has 0 unspecified atom stereocenters. The second-order valence-corrected chi connectivity index (χ2v) is 10.8. The zero-order valence-electron chi connectivity index (χ0n) is 24.6. The van der Waals surface area contributed by atoms with Crippen LogP contribution in [0, 0.1) is 12.7 Å². The summed E-state index contributed by atoms with van der Waals surface area (Å²) < 4.78 is 69.3. The van der Waals surface area contributed by atoms with Gasteiger partial charge in [-0.2, -0.15) is 18.3 Å². The van der Waals surface area contributed by atoms with Crippen molar-refractivity contribution in [3.8, 4) is 0 Å². The Morgan fingerprint density at radius 2 is 1.72 bits per heavy atom. The molecular weight excluding hydrogens is 566 g/mol. The molecule has 2 aliphatic heterocycles. The van der Waals surface area contributed by atoms with Crippen LogP contribution in [0.2, 0.25) is 0 Å². The summed E-state index contributed by atoms with van der Waals surface area (Å²) in [7, 11) is 0. The van der Waals surface area contributed by atoms with Gasteiger partial charge in [-0.15, -0.1) is 0 Å². The highest BCUT2D eigenvalue weighted by molar-refractivity contribution is 5.94. The number of fused-ring (bicyclic) bond motifs is 1. The largest absolute Gasteiger partial charge is 0.416 e. The summed E-state index contributed by atoms with van der Waals surface area (Å²) >= 11 is 0. The number of urea groups is 1. The molecule has 0 saturated carbocycles. The number of alkyl halides is 3. The van der Waals surface area contributed by atoms with Crippen molar-refractivity contribution in [1.29, 1.82) is 0 Å².